The molecule has 0 aliphatic rings. The Kier molecular flexibility index (Phi) is 4.18. The van der Waals surface area contributed by atoms with E-state index in [1.54, 1.807) is 11.3 Å². The van der Waals surface area contributed by atoms with E-state index in [0.29, 0.717) is 0 Å². The second-order valence-corrected chi connectivity index (χ2v) is 4.73. The fourth-order valence-electron chi connectivity index (χ4n) is 1.64. The predicted molar refractivity (Wildman–Crippen MR) is 72.6 cm³/mol. The summed E-state index contributed by atoms with van der Waals surface area (Å²) in [6.07, 6.45) is 1.02. The summed E-state index contributed by atoms with van der Waals surface area (Å²) in [5.74, 6) is 0.910. The van der Waals surface area contributed by atoms with Gasteiger partial charge in [-0.05, 0) is 46.5 Å². The van der Waals surface area contributed by atoms with Crippen molar-refractivity contribution in [2.24, 2.45) is 5.73 Å². The first-order valence-corrected chi connectivity index (χ1v) is 6.76. The van der Waals surface area contributed by atoms with E-state index in [9.17, 15) is 0 Å². The normalized spacial score (nSPS) is 12.4. The fraction of sp³-hybridized carbons (Fsp3) is 0.286. The van der Waals surface area contributed by atoms with E-state index in [0.717, 1.165) is 29.9 Å². The van der Waals surface area contributed by atoms with Gasteiger partial charge in [0.1, 0.15) is 5.75 Å². The molecular formula is C14H17NOS. The van der Waals surface area contributed by atoms with Gasteiger partial charge in [0.05, 0.1) is 12.6 Å². The van der Waals surface area contributed by atoms with Gasteiger partial charge in [-0.1, -0.05) is 19.1 Å². The minimum absolute atomic E-state index is 0.0403. The highest BCUT2D eigenvalue weighted by atomic mass is 32.1. The Hall–Kier alpha value is -1.32. The van der Waals surface area contributed by atoms with Crippen LogP contribution in [0.4, 0.5) is 0 Å². The average Bonchev–Trinajstić information content (AvgIpc) is 2.90. The molecule has 0 saturated heterocycles. The molecule has 2 nitrogen and oxygen atoms in total. The van der Waals surface area contributed by atoms with E-state index in [1.165, 1.54) is 0 Å². The molecule has 2 N–H and O–H groups in total. The summed E-state index contributed by atoms with van der Waals surface area (Å²) < 4.78 is 5.54. The van der Waals surface area contributed by atoms with Gasteiger partial charge < -0.3 is 10.5 Å². The van der Waals surface area contributed by atoms with Crippen LogP contribution in [0.1, 0.15) is 30.5 Å². The topological polar surface area (TPSA) is 35.2 Å². The van der Waals surface area contributed by atoms with Crippen molar-refractivity contribution in [2.75, 3.05) is 6.61 Å². The van der Waals surface area contributed by atoms with Crippen LogP contribution in [0.15, 0.2) is 41.1 Å². The van der Waals surface area contributed by atoms with Gasteiger partial charge in [-0.15, -0.1) is 0 Å². The summed E-state index contributed by atoms with van der Waals surface area (Å²) in [4.78, 5) is 0. The molecule has 1 atom stereocenters. The first kappa shape index (κ1) is 12.1. The van der Waals surface area contributed by atoms with E-state index < -0.39 is 0 Å². The summed E-state index contributed by atoms with van der Waals surface area (Å²) in [5.41, 5.74) is 8.46. The van der Waals surface area contributed by atoms with Crippen molar-refractivity contribution in [1.82, 2.24) is 0 Å². The molecule has 1 heterocycles. The van der Waals surface area contributed by atoms with Gasteiger partial charge >= 0.3 is 0 Å². The number of thiophene rings is 1. The number of nitrogens with two attached hydrogens (primary N) is 1. The van der Waals surface area contributed by atoms with Gasteiger partial charge in [0.25, 0.3) is 0 Å². The average molecular weight is 247 g/mol. The zero-order valence-electron chi connectivity index (χ0n) is 9.93. The number of hydrogen-bond donors (Lipinski definition) is 1. The summed E-state index contributed by atoms with van der Waals surface area (Å²) in [5, 5.41) is 4.14. The van der Waals surface area contributed by atoms with Crippen LogP contribution in [0, 0.1) is 0 Å². The maximum absolute atomic E-state index is 6.18. The van der Waals surface area contributed by atoms with Crippen molar-refractivity contribution in [2.45, 2.75) is 19.4 Å². The first-order valence-electron chi connectivity index (χ1n) is 5.81. The molecular weight excluding hydrogens is 230 g/mol. The fourth-order valence-corrected chi connectivity index (χ4v) is 2.33. The van der Waals surface area contributed by atoms with Gasteiger partial charge in [-0.2, -0.15) is 11.3 Å². The molecule has 2 rings (SSSR count). The van der Waals surface area contributed by atoms with Crippen LogP contribution in [0.2, 0.25) is 0 Å². The third-order valence-corrected chi connectivity index (χ3v) is 3.32. The molecule has 1 unspecified atom stereocenters. The monoisotopic (exact) mass is 247 g/mol. The van der Waals surface area contributed by atoms with Crippen LogP contribution in [0.3, 0.4) is 0 Å². The minimum atomic E-state index is -0.0403. The Labute approximate surface area is 106 Å². The molecule has 1 aromatic carbocycles. The lowest BCUT2D eigenvalue weighted by molar-refractivity contribution is 0.317. The van der Waals surface area contributed by atoms with E-state index in [1.807, 2.05) is 29.6 Å². The number of rotatable bonds is 5. The highest BCUT2D eigenvalue weighted by Gasteiger charge is 2.08. The van der Waals surface area contributed by atoms with Gasteiger partial charge in [0, 0.05) is 0 Å². The van der Waals surface area contributed by atoms with E-state index in [4.69, 9.17) is 10.5 Å². The van der Waals surface area contributed by atoms with Crippen LogP contribution in [-0.4, -0.2) is 6.61 Å². The van der Waals surface area contributed by atoms with Crippen molar-refractivity contribution in [1.29, 1.82) is 0 Å². The Bertz CT molecular complexity index is 436. The summed E-state index contributed by atoms with van der Waals surface area (Å²) in [7, 11) is 0. The number of ether oxygens (including phenoxy) is 1. The van der Waals surface area contributed by atoms with Crippen LogP contribution in [0.5, 0.6) is 5.75 Å². The largest absolute Gasteiger partial charge is 0.494 e. The standard InChI is InChI=1S/C14H17NOS/c1-2-8-16-13-5-3-11(4-6-13)14(15)12-7-9-17-10-12/h3-7,9-10,14H,2,8,15H2,1H3. The van der Waals surface area contributed by atoms with E-state index >= 15 is 0 Å². The molecule has 0 spiro atoms. The smallest absolute Gasteiger partial charge is 0.119 e. The zero-order valence-corrected chi connectivity index (χ0v) is 10.7. The molecule has 0 fully saturated rings. The maximum atomic E-state index is 6.18. The SMILES string of the molecule is CCCOc1ccc(C(N)c2ccsc2)cc1. The van der Waals surface area contributed by atoms with E-state index in [2.05, 4.69) is 18.4 Å². The maximum Gasteiger partial charge on any atom is 0.119 e. The van der Waals surface area contributed by atoms with Gasteiger partial charge in [0.2, 0.25) is 0 Å². The molecule has 0 saturated carbocycles. The second-order valence-electron chi connectivity index (χ2n) is 3.95. The third-order valence-electron chi connectivity index (χ3n) is 2.61. The van der Waals surface area contributed by atoms with Crippen LogP contribution >= 0.6 is 11.3 Å². The third kappa shape index (κ3) is 3.08. The Morgan fingerprint density at radius 3 is 2.53 bits per heavy atom. The molecule has 0 amide bonds. The molecule has 90 valence electrons. The highest BCUT2D eigenvalue weighted by molar-refractivity contribution is 7.08. The van der Waals surface area contributed by atoms with Crippen LogP contribution in [0.25, 0.3) is 0 Å². The van der Waals surface area contributed by atoms with Crippen molar-refractivity contribution < 1.29 is 4.74 Å². The predicted octanol–water partition coefficient (Wildman–Crippen LogP) is 3.59. The van der Waals surface area contributed by atoms with Crippen molar-refractivity contribution in [3.8, 4) is 5.75 Å². The summed E-state index contributed by atoms with van der Waals surface area (Å²) >= 11 is 1.67. The van der Waals surface area contributed by atoms with Crippen molar-refractivity contribution >= 4 is 11.3 Å². The highest BCUT2D eigenvalue weighted by Crippen LogP contribution is 2.23. The van der Waals surface area contributed by atoms with Crippen LogP contribution in [-0.2, 0) is 0 Å². The van der Waals surface area contributed by atoms with Crippen LogP contribution < -0.4 is 10.5 Å². The molecule has 2 aromatic rings. The Morgan fingerprint density at radius 2 is 1.94 bits per heavy atom. The lowest BCUT2D eigenvalue weighted by atomic mass is 10.0. The molecule has 0 aliphatic carbocycles. The Morgan fingerprint density at radius 1 is 1.18 bits per heavy atom. The van der Waals surface area contributed by atoms with Crippen molar-refractivity contribution in [3.05, 3.63) is 52.2 Å². The van der Waals surface area contributed by atoms with Gasteiger partial charge in [-0.25, -0.2) is 0 Å². The lowest BCUT2D eigenvalue weighted by Crippen LogP contribution is -2.10. The molecule has 17 heavy (non-hydrogen) atoms. The van der Waals surface area contributed by atoms with Gasteiger partial charge in [0.15, 0.2) is 0 Å². The lowest BCUT2D eigenvalue weighted by Gasteiger charge is -2.11. The Balaban J connectivity index is 2.07. The zero-order chi connectivity index (χ0) is 12.1. The van der Waals surface area contributed by atoms with Crippen molar-refractivity contribution in [3.63, 3.8) is 0 Å². The first-order chi connectivity index (χ1) is 8.31. The molecule has 0 aliphatic heterocycles. The quantitative estimate of drug-likeness (QED) is 0.876. The number of hydrogen-bond acceptors (Lipinski definition) is 3. The summed E-state index contributed by atoms with van der Waals surface area (Å²) in [6.45, 7) is 2.86. The molecule has 1 aromatic heterocycles. The molecule has 0 bridgehead atoms. The number of benzene rings is 1. The summed E-state index contributed by atoms with van der Waals surface area (Å²) in [6, 6.07) is 10.1. The second kappa shape index (κ2) is 5.84. The molecule has 0 radical (unpaired) electrons. The minimum Gasteiger partial charge on any atom is -0.494 e. The molecule has 3 heteroatoms. The van der Waals surface area contributed by atoms with Gasteiger partial charge in [-0.3, -0.25) is 0 Å². The van der Waals surface area contributed by atoms with E-state index in [-0.39, 0.29) is 6.04 Å².